The fourth-order valence-corrected chi connectivity index (χ4v) is 2.89. The smallest absolute Gasteiger partial charge is 0.0131 e. The molecule has 1 heterocycles. The molecule has 0 bridgehead atoms. The number of benzene rings is 1. The molecule has 15 heavy (non-hydrogen) atoms. The standard InChI is InChI=1S/C14H19N/c1-2-6-12(7-3-1)10-13-11-14(13)15-8-4-5-9-15/h1-3,6-7,13-14H,4-5,8-11H2/t13-,14-/m0/s1. The monoisotopic (exact) mass is 201 g/mol. The summed E-state index contributed by atoms with van der Waals surface area (Å²) in [5.41, 5.74) is 1.52. The van der Waals surface area contributed by atoms with Crippen molar-refractivity contribution in [3.05, 3.63) is 35.9 Å². The van der Waals surface area contributed by atoms with E-state index >= 15 is 0 Å². The normalized spacial score (nSPS) is 30.7. The van der Waals surface area contributed by atoms with Crippen LogP contribution in [-0.4, -0.2) is 24.0 Å². The molecule has 2 fully saturated rings. The highest BCUT2D eigenvalue weighted by Crippen LogP contribution is 2.39. The Morgan fingerprint density at radius 1 is 1.07 bits per heavy atom. The van der Waals surface area contributed by atoms with Crippen molar-refractivity contribution in [1.82, 2.24) is 4.90 Å². The molecule has 1 aromatic rings. The maximum Gasteiger partial charge on any atom is 0.0131 e. The van der Waals surface area contributed by atoms with E-state index < -0.39 is 0 Å². The lowest BCUT2D eigenvalue weighted by Crippen LogP contribution is -2.23. The van der Waals surface area contributed by atoms with Gasteiger partial charge in [-0.25, -0.2) is 0 Å². The van der Waals surface area contributed by atoms with Crippen molar-refractivity contribution in [3.63, 3.8) is 0 Å². The first kappa shape index (κ1) is 9.41. The maximum atomic E-state index is 2.70. The number of hydrogen-bond donors (Lipinski definition) is 0. The minimum atomic E-state index is 0.924. The van der Waals surface area contributed by atoms with Gasteiger partial charge in [0.1, 0.15) is 0 Å². The highest BCUT2D eigenvalue weighted by Gasteiger charge is 2.41. The molecule has 0 spiro atoms. The molecule has 1 heteroatoms. The average molecular weight is 201 g/mol. The third-order valence-electron chi connectivity index (χ3n) is 3.84. The third-order valence-corrected chi connectivity index (χ3v) is 3.84. The summed E-state index contributed by atoms with van der Waals surface area (Å²) >= 11 is 0. The van der Waals surface area contributed by atoms with Crippen LogP contribution in [0.1, 0.15) is 24.8 Å². The van der Waals surface area contributed by atoms with Crippen LogP contribution < -0.4 is 0 Å². The lowest BCUT2D eigenvalue weighted by atomic mass is 10.1. The van der Waals surface area contributed by atoms with Crippen LogP contribution in [0.3, 0.4) is 0 Å². The van der Waals surface area contributed by atoms with Crippen molar-refractivity contribution in [2.75, 3.05) is 13.1 Å². The molecule has 1 aliphatic carbocycles. The predicted molar refractivity (Wildman–Crippen MR) is 62.8 cm³/mol. The summed E-state index contributed by atoms with van der Waals surface area (Å²) in [5, 5.41) is 0. The van der Waals surface area contributed by atoms with Gasteiger partial charge in [0.05, 0.1) is 0 Å². The molecule has 3 rings (SSSR count). The van der Waals surface area contributed by atoms with Gasteiger partial charge in [-0.3, -0.25) is 0 Å². The van der Waals surface area contributed by atoms with Crippen LogP contribution in [0.2, 0.25) is 0 Å². The summed E-state index contributed by atoms with van der Waals surface area (Å²) in [6.07, 6.45) is 5.58. The van der Waals surface area contributed by atoms with Crippen LogP contribution in [0.4, 0.5) is 0 Å². The van der Waals surface area contributed by atoms with Gasteiger partial charge in [0.15, 0.2) is 0 Å². The Kier molecular flexibility index (Phi) is 2.49. The predicted octanol–water partition coefficient (Wildman–Crippen LogP) is 2.71. The van der Waals surface area contributed by atoms with E-state index in [1.165, 1.54) is 44.3 Å². The van der Waals surface area contributed by atoms with Crippen molar-refractivity contribution >= 4 is 0 Å². The molecular formula is C14H19N. The summed E-state index contributed by atoms with van der Waals surface area (Å²) in [6.45, 7) is 2.71. The lowest BCUT2D eigenvalue weighted by Gasteiger charge is -2.14. The van der Waals surface area contributed by atoms with Crippen molar-refractivity contribution < 1.29 is 0 Å². The Bertz CT molecular complexity index is 313. The number of nitrogens with zero attached hydrogens (tertiary/aromatic N) is 1. The SMILES string of the molecule is c1ccc(C[C@H]2C[C@@H]2N2CCCC2)cc1. The molecule has 2 atom stereocenters. The lowest BCUT2D eigenvalue weighted by molar-refractivity contribution is 0.312. The molecule has 1 saturated carbocycles. The molecule has 0 unspecified atom stereocenters. The Morgan fingerprint density at radius 3 is 2.53 bits per heavy atom. The van der Waals surface area contributed by atoms with E-state index in [4.69, 9.17) is 0 Å². The molecule has 0 aromatic heterocycles. The summed E-state index contributed by atoms with van der Waals surface area (Å²) < 4.78 is 0. The summed E-state index contributed by atoms with van der Waals surface area (Å²) in [7, 11) is 0. The van der Waals surface area contributed by atoms with Gasteiger partial charge < -0.3 is 4.90 Å². The van der Waals surface area contributed by atoms with Crippen LogP contribution in [0.5, 0.6) is 0 Å². The maximum absolute atomic E-state index is 2.70. The summed E-state index contributed by atoms with van der Waals surface area (Å²) in [4.78, 5) is 2.70. The van der Waals surface area contributed by atoms with E-state index in [-0.39, 0.29) is 0 Å². The molecule has 0 radical (unpaired) electrons. The first-order chi connectivity index (χ1) is 7.43. The van der Waals surface area contributed by atoms with Crippen molar-refractivity contribution in [1.29, 1.82) is 0 Å². The van der Waals surface area contributed by atoms with Gasteiger partial charge >= 0.3 is 0 Å². The van der Waals surface area contributed by atoms with Crippen molar-refractivity contribution in [3.8, 4) is 0 Å². The first-order valence-electron chi connectivity index (χ1n) is 6.21. The van der Waals surface area contributed by atoms with E-state index in [0.29, 0.717) is 0 Å². The topological polar surface area (TPSA) is 3.24 Å². The van der Waals surface area contributed by atoms with Crippen LogP contribution >= 0.6 is 0 Å². The molecule has 0 amide bonds. The second-order valence-corrected chi connectivity index (χ2v) is 5.00. The summed E-state index contributed by atoms with van der Waals surface area (Å²) in [5.74, 6) is 0.950. The largest absolute Gasteiger partial charge is 0.300 e. The number of hydrogen-bond acceptors (Lipinski definition) is 1. The zero-order chi connectivity index (χ0) is 10.1. The molecule has 1 aromatic carbocycles. The Balaban J connectivity index is 1.54. The molecule has 2 aliphatic rings. The average Bonchev–Trinajstić information content (AvgIpc) is 2.82. The molecule has 1 nitrogen and oxygen atoms in total. The van der Waals surface area contributed by atoms with Gasteiger partial charge in [0, 0.05) is 6.04 Å². The van der Waals surface area contributed by atoms with Gasteiger partial charge in [0.2, 0.25) is 0 Å². The minimum Gasteiger partial charge on any atom is -0.300 e. The zero-order valence-electron chi connectivity index (χ0n) is 9.23. The van der Waals surface area contributed by atoms with Crippen LogP contribution in [-0.2, 0) is 6.42 Å². The Morgan fingerprint density at radius 2 is 1.80 bits per heavy atom. The van der Waals surface area contributed by atoms with Crippen molar-refractivity contribution in [2.24, 2.45) is 5.92 Å². The zero-order valence-corrected chi connectivity index (χ0v) is 9.23. The van der Waals surface area contributed by atoms with Gasteiger partial charge in [-0.15, -0.1) is 0 Å². The van der Waals surface area contributed by atoms with Crippen molar-refractivity contribution in [2.45, 2.75) is 31.7 Å². The molecule has 1 saturated heterocycles. The van der Waals surface area contributed by atoms with E-state index in [2.05, 4.69) is 35.2 Å². The minimum absolute atomic E-state index is 0.924. The third kappa shape index (κ3) is 2.07. The molecular weight excluding hydrogens is 182 g/mol. The van der Waals surface area contributed by atoms with E-state index in [0.717, 1.165) is 12.0 Å². The van der Waals surface area contributed by atoms with E-state index in [9.17, 15) is 0 Å². The highest BCUT2D eigenvalue weighted by molar-refractivity contribution is 5.17. The van der Waals surface area contributed by atoms with Gasteiger partial charge in [-0.1, -0.05) is 30.3 Å². The fraction of sp³-hybridized carbons (Fsp3) is 0.571. The van der Waals surface area contributed by atoms with Gasteiger partial charge in [-0.2, -0.15) is 0 Å². The second kappa shape index (κ2) is 3.97. The summed E-state index contributed by atoms with van der Waals surface area (Å²) in [6, 6.07) is 11.9. The van der Waals surface area contributed by atoms with Gasteiger partial charge in [-0.05, 0) is 50.3 Å². The number of rotatable bonds is 3. The fourth-order valence-electron chi connectivity index (χ4n) is 2.89. The molecule has 80 valence electrons. The Hall–Kier alpha value is -0.820. The molecule has 0 N–H and O–H groups in total. The highest BCUT2D eigenvalue weighted by atomic mass is 15.2. The van der Waals surface area contributed by atoms with E-state index in [1.54, 1.807) is 0 Å². The Labute approximate surface area is 92.1 Å². The van der Waals surface area contributed by atoms with Crippen LogP contribution in [0.25, 0.3) is 0 Å². The quantitative estimate of drug-likeness (QED) is 0.727. The number of likely N-dealkylation sites (tertiary alicyclic amines) is 1. The van der Waals surface area contributed by atoms with Crippen LogP contribution in [0.15, 0.2) is 30.3 Å². The van der Waals surface area contributed by atoms with Crippen LogP contribution in [0, 0.1) is 5.92 Å². The first-order valence-corrected chi connectivity index (χ1v) is 6.21. The van der Waals surface area contributed by atoms with Gasteiger partial charge in [0.25, 0.3) is 0 Å². The molecule has 1 aliphatic heterocycles. The second-order valence-electron chi connectivity index (χ2n) is 5.00. The van der Waals surface area contributed by atoms with E-state index in [1.807, 2.05) is 0 Å².